The molecule has 0 aliphatic heterocycles. The Labute approximate surface area is 103 Å². The Morgan fingerprint density at radius 1 is 1.50 bits per heavy atom. The minimum Gasteiger partial charge on any atom is -0.384 e. The fourth-order valence-electron chi connectivity index (χ4n) is 1.05. The fourth-order valence-corrected chi connectivity index (χ4v) is 2.11. The maximum absolute atomic E-state index is 5.84. The van der Waals surface area contributed by atoms with Crippen LogP contribution in [0.25, 0.3) is 0 Å². The molecule has 0 atom stereocenters. The molecule has 0 unspecified atom stereocenters. The molecule has 74 valence electrons. The van der Waals surface area contributed by atoms with Crippen molar-refractivity contribution in [2.45, 2.75) is 12.8 Å². The number of unbranched alkanes of at least 4 members (excludes halogenated alkanes) is 1. The van der Waals surface area contributed by atoms with Gasteiger partial charge in [0.2, 0.25) is 0 Å². The number of rotatable bonds is 4. The van der Waals surface area contributed by atoms with Gasteiger partial charge in [-0.3, -0.25) is 0 Å². The minimum atomic E-state index is 0.767. The number of hydrogen-bond donors (Lipinski definition) is 1. The van der Waals surface area contributed by atoms with Gasteiger partial charge in [0, 0.05) is 27.2 Å². The lowest BCUT2D eigenvalue weighted by Crippen LogP contribution is -2.02. The minimum absolute atomic E-state index is 0.767. The largest absolute Gasteiger partial charge is 0.384 e. The van der Waals surface area contributed by atoms with Crippen LogP contribution >= 0.6 is 34.2 Å². The number of halogens is 2. The van der Waals surface area contributed by atoms with Gasteiger partial charge in [-0.2, -0.15) is 0 Å². The van der Waals surface area contributed by atoms with Crippen molar-refractivity contribution in [1.29, 1.82) is 0 Å². The number of benzene rings is 1. The average Bonchev–Trinajstić information content (AvgIpc) is 2.15. The first-order valence-electron chi connectivity index (χ1n) is 4.36. The molecule has 14 heavy (non-hydrogen) atoms. The molecule has 0 fully saturated rings. The van der Waals surface area contributed by atoms with Crippen molar-refractivity contribution in [1.82, 2.24) is 0 Å². The van der Waals surface area contributed by atoms with E-state index >= 15 is 0 Å². The lowest BCUT2D eigenvalue weighted by Gasteiger charge is -2.07. The van der Waals surface area contributed by atoms with Crippen LogP contribution in [0.5, 0.6) is 0 Å². The van der Waals surface area contributed by atoms with Gasteiger partial charge in [0.15, 0.2) is 0 Å². The van der Waals surface area contributed by atoms with Crippen molar-refractivity contribution in [3.8, 4) is 12.3 Å². The van der Waals surface area contributed by atoms with Gasteiger partial charge in [0.25, 0.3) is 0 Å². The number of terminal acetylenes is 1. The van der Waals surface area contributed by atoms with Crippen LogP contribution in [0.15, 0.2) is 18.2 Å². The summed E-state index contributed by atoms with van der Waals surface area (Å²) in [5.41, 5.74) is 1.12. The predicted octanol–water partition coefficient (Wildman–Crippen LogP) is 3.77. The molecular weight excluding hydrogens is 308 g/mol. The van der Waals surface area contributed by atoms with Gasteiger partial charge in [-0.25, -0.2) is 0 Å². The van der Waals surface area contributed by atoms with Crippen LogP contribution in [0.1, 0.15) is 12.8 Å². The molecule has 1 rings (SSSR count). The summed E-state index contributed by atoms with van der Waals surface area (Å²) in [5, 5.41) is 4.08. The third kappa shape index (κ3) is 3.77. The maximum atomic E-state index is 5.84. The molecule has 0 radical (unpaired) electrons. The smallest absolute Gasteiger partial charge is 0.0476 e. The summed E-state index contributed by atoms with van der Waals surface area (Å²) in [4.78, 5) is 0. The first kappa shape index (κ1) is 11.7. The van der Waals surface area contributed by atoms with E-state index in [0.29, 0.717) is 0 Å². The van der Waals surface area contributed by atoms with Crippen LogP contribution in [0, 0.1) is 15.9 Å². The quantitative estimate of drug-likeness (QED) is 0.506. The van der Waals surface area contributed by atoms with Gasteiger partial charge >= 0.3 is 0 Å². The molecule has 0 amide bonds. The summed E-state index contributed by atoms with van der Waals surface area (Å²) in [6.45, 7) is 0.905. The van der Waals surface area contributed by atoms with Crippen molar-refractivity contribution in [3.05, 3.63) is 26.8 Å². The van der Waals surface area contributed by atoms with Gasteiger partial charge in [0.1, 0.15) is 0 Å². The Kier molecular flexibility index (Phi) is 5.13. The van der Waals surface area contributed by atoms with Crippen molar-refractivity contribution >= 4 is 39.9 Å². The Hall–Kier alpha value is -0.400. The molecule has 0 aliphatic rings. The van der Waals surface area contributed by atoms with Crippen molar-refractivity contribution in [3.63, 3.8) is 0 Å². The number of anilines is 1. The SMILES string of the molecule is C#CCCCNc1ccc(Cl)cc1I. The Morgan fingerprint density at radius 2 is 2.29 bits per heavy atom. The zero-order valence-electron chi connectivity index (χ0n) is 7.69. The third-order valence-corrected chi connectivity index (χ3v) is 2.87. The lowest BCUT2D eigenvalue weighted by molar-refractivity contribution is 0.906. The summed E-state index contributed by atoms with van der Waals surface area (Å²) in [6, 6.07) is 5.80. The van der Waals surface area contributed by atoms with Crippen LogP contribution < -0.4 is 5.32 Å². The second-order valence-electron chi connectivity index (χ2n) is 2.86. The third-order valence-electron chi connectivity index (χ3n) is 1.74. The summed E-state index contributed by atoms with van der Waals surface area (Å²) >= 11 is 8.10. The van der Waals surface area contributed by atoms with E-state index in [-0.39, 0.29) is 0 Å². The Balaban J connectivity index is 2.47. The summed E-state index contributed by atoms with van der Waals surface area (Å²) in [6.07, 6.45) is 6.97. The van der Waals surface area contributed by atoms with E-state index in [2.05, 4.69) is 33.8 Å². The molecule has 1 nitrogen and oxygen atoms in total. The van der Waals surface area contributed by atoms with Crippen LogP contribution in [-0.2, 0) is 0 Å². The fraction of sp³-hybridized carbons (Fsp3) is 0.273. The van der Waals surface area contributed by atoms with Crippen molar-refractivity contribution in [2.24, 2.45) is 0 Å². The second kappa shape index (κ2) is 6.15. The molecule has 0 saturated carbocycles. The van der Waals surface area contributed by atoms with Gasteiger partial charge in [-0.15, -0.1) is 12.3 Å². The first-order valence-corrected chi connectivity index (χ1v) is 5.82. The highest BCUT2D eigenvalue weighted by atomic mass is 127. The first-order chi connectivity index (χ1) is 6.74. The van der Waals surface area contributed by atoms with Crippen LogP contribution in [0.3, 0.4) is 0 Å². The normalized spacial score (nSPS) is 9.50. The second-order valence-corrected chi connectivity index (χ2v) is 4.46. The molecule has 1 N–H and O–H groups in total. The van der Waals surface area contributed by atoms with Gasteiger partial charge < -0.3 is 5.32 Å². The highest BCUT2D eigenvalue weighted by Gasteiger charge is 1.98. The molecule has 0 aromatic heterocycles. The zero-order valence-corrected chi connectivity index (χ0v) is 10.6. The molecule has 0 spiro atoms. The number of nitrogens with one attached hydrogen (secondary N) is 1. The van der Waals surface area contributed by atoms with Crippen LogP contribution in [0.4, 0.5) is 5.69 Å². The van der Waals surface area contributed by atoms with E-state index in [4.69, 9.17) is 18.0 Å². The molecule has 0 heterocycles. The number of hydrogen-bond acceptors (Lipinski definition) is 1. The summed E-state index contributed by atoms with van der Waals surface area (Å²) < 4.78 is 1.14. The molecule has 3 heteroatoms. The Morgan fingerprint density at radius 3 is 2.93 bits per heavy atom. The van der Waals surface area contributed by atoms with Gasteiger partial charge in [-0.05, 0) is 47.2 Å². The van der Waals surface area contributed by atoms with E-state index in [1.807, 2.05) is 18.2 Å². The molecule has 1 aromatic carbocycles. The van der Waals surface area contributed by atoms with Crippen molar-refractivity contribution in [2.75, 3.05) is 11.9 Å². The standard InChI is InChI=1S/C11H11ClIN/c1-2-3-4-7-14-11-6-5-9(12)8-10(11)13/h1,5-6,8,14H,3-4,7H2. The van der Waals surface area contributed by atoms with E-state index in [0.717, 1.165) is 33.7 Å². The Bertz CT molecular complexity index is 344. The average molecular weight is 320 g/mol. The van der Waals surface area contributed by atoms with E-state index in [1.54, 1.807) is 0 Å². The van der Waals surface area contributed by atoms with Gasteiger partial charge in [-0.1, -0.05) is 11.6 Å². The molecule has 0 saturated heterocycles. The molecular formula is C11H11ClIN. The van der Waals surface area contributed by atoms with Crippen LogP contribution in [0.2, 0.25) is 5.02 Å². The van der Waals surface area contributed by atoms with Crippen molar-refractivity contribution < 1.29 is 0 Å². The van der Waals surface area contributed by atoms with Crippen LogP contribution in [-0.4, -0.2) is 6.54 Å². The molecule has 1 aromatic rings. The van der Waals surface area contributed by atoms with E-state index in [9.17, 15) is 0 Å². The van der Waals surface area contributed by atoms with E-state index < -0.39 is 0 Å². The maximum Gasteiger partial charge on any atom is 0.0476 e. The summed E-state index contributed by atoms with van der Waals surface area (Å²) in [5.74, 6) is 2.61. The lowest BCUT2D eigenvalue weighted by atomic mass is 10.3. The summed E-state index contributed by atoms with van der Waals surface area (Å²) in [7, 11) is 0. The highest BCUT2D eigenvalue weighted by Crippen LogP contribution is 2.22. The monoisotopic (exact) mass is 319 g/mol. The van der Waals surface area contributed by atoms with E-state index in [1.165, 1.54) is 0 Å². The molecule has 0 aliphatic carbocycles. The predicted molar refractivity (Wildman–Crippen MR) is 70.7 cm³/mol. The topological polar surface area (TPSA) is 12.0 Å². The molecule has 0 bridgehead atoms. The zero-order chi connectivity index (χ0) is 10.4. The highest BCUT2D eigenvalue weighted by molar-refractivity contribution is 14.1. The van der Waals surface area contributed by atoms with Gasteiger partial charge in [0.05, 0.1) is 0 Å².